The summed E-state index contributed by atoms with van der Waals surface area (Å²) in [7, 11) is -3.45. The van der Waals surface area contributed by atoms with E-state index in [1.165, 1.54) is 16.7 Å². The van der Waals surface area contributed by atoms with Crippen molar-refractivity contribution in [3.8, 4) is 0 Å². The number of nitrogens with one attached hydrogen (secondary N) is 1. The van der Waals surface area contributed by atoms with Crippen LogP contribution in [0.4, 0.5) is 11.5 Å². The predicted octanol–water partition coefficient (Wildman–Crippen LogP) is -0.102. The van der Waals surface area contributed by atoms with Crippen molar-refractivity contribution in [3.63, 3.8) is 0 Å². The van der Waals surface area contributed by atoms with Gasteiger partial charge in [0.1, 0.15) is 10.7 Å². The van der Waals surface area contributed by atoms with Crippen molar-refractivity contribution in [2.45, 2.75) is 4.90 Å². The van der Waals surface area contributed by atoms with E-state index in [0.29, 0.717) is 32.0 Å². The number of rotatable bonds is 3. The monoisotopic (exact) mass is 308 g/mol. The highest BCUT2D eigenvalue weighted by molar-refractivity contribution is 7.89. The van der Waals surface area contributed by atoms with E-state index in [4.69, 9.17) is 5.73 Å². The molecule has 3 N–H and O–H groups in total. The topological polar surface area (TPSA) is 108 Å². The van der Waals surface area contributed by atoms with Gasteiger partial charge < -0.3 is 10.6 Å². The Hall–Kier alpha value is -2.13. The molecule has 112 valence electrons. The minimum absolute atomic E-state index is 0.199. The molecule has 0 unspecified atom stereocenters. The van der Waals surface area contributed by atoms with Crippen LogP contribution in [0.1, 0.15) is 0 Å². The molecule has 21 heavy (non-hydrogen) atoms. The van der Waals surface area contributed by atoms with E-state index in [-0.39, 0.29) is 4.90 Å². The molecular formula is C12H16N6O2S. The molecule has 0 amide bonds. The molecule has 0 atom stereocenters. The highest BCUT2D eigenvalue weighted by Crippen LogP contribution is 2.20. The van der Waals surface area contributed by atoms with Crippen molar-refractivity contribution < 1.29 is 8.42 Å². The molecule has 0 bridgehead atoms. The molecule has 9 heteroatoms. The van der Waals surface area contributed by atoms with E-state index in [0.717, 1.165) is 5.69 Å². The summed E-state index contributed by atoms with van der Waals surface area (Å²) in [5.41, 5.74) is 6.51. The smallest absolute Gasteiger partial charge is 0.246 e. The van der Waals surface area contributed by atoms with Gasteiger partial charge >= 0.3 is 0 Å². The second kappa shape index (κ2) is 5.34. The van der Waals surface area contributed by atoms with Crippen molar-refractivity contribution in [2.24, 2.45) is 0 Å². The van der Waals surface area contributed by atoms with Gasteiger partial charge in [-0.25, -0.2) is 13.4 Å². The summed E-state index contributed by atoms with van der Waals surface area (Å²) in [5, 5.41) is 6.22. The first kappa shape index (κ1) is 13.8. The molecule has 2 aromatic rings. The molecule has 2 aromatic heterocycles. The molecular weight excluding hydrogens is 292 g/mol. The summed E-state index contributed by atoms with van der Waals surface area (Å²) in [6.45, 7) is 2.08. The van der Waals surface area contributed by atoms with Crippen LogP contribution in [-0.4, -0.2) is 54.1 Å². The molecule has 1 aliphatic rings. The van der Waals surface area contributed by atoms with E-state index in [1.54, 1.807) is 12.3 Å². The number of aromatic nitrogens is 3. The van der Waals surface area contributed by atoms with Gasteiger partial charge in [-0.05, 0) is 12.1 Å². The standard InChI is InChI=1S/C12H16N6O2S/c13-12-2-1-10(7-14-12)17-3-5-18(6-4-17)21(19,20)11-8-15-16-9-11/h1-2,7-9H,3-6H2,(H2,13,14)(H,15,16). The number of anilines is 2. The second-order valence-corrected chi connectivity index (χ2v) is 6.70. The number of hydrogen-bond donors (Lipinski definition) is 2. The molecule has 1 fully saturated rings. The lowest BCUT2D eigenvalue weighted by atomic mass is 10.3. The summed E-state index contributed by atoms with van der Waals surface area (Å²) in [6.07, 6.45) is 4.42. The molecule has 0 saturated carbocycles. The normalized spacial score (nSPS) is 17.0. The molecule has 3 heterocycles. The lowest BCUT2D eigenvalue weighted by molar-refractivity contribution is 0.385. The molecule has 8 nitrogen and oxygen atoms in total. The highest BCUT2D eigenvalue weighted by atomic mass is 32.2. The number of nitrogens with zero attached hydrogens (tertiary/aromatic N) is 4. The van der Waals surface area contributed by atoms with Crippen LogP contribution in [0.3, 0.4) is 0 Å². The SMILES string of the molecule is Nc1ccc(N2CCN(S(=O)(=O)c3cn[nH]c3)CC2)cn1. The fourth-order valence-corrected chi connectivity index (χ4v) is 3.63. The first-order valence-electron chi connectivity index (χ1n) is 6.53. The van der Waals surface area contributed by atoms with Crippen LogP contribution in [-0.2, 0) is 10.0 Å². The molecule has 0 aliphatic carbocycles. The number of nitrogen functional groups attached to an aromatic ring is 1. The summed E-state index contributed by atoms with van der Waals surface area (Å²) in [5.74, 6) is 0.472. The largest absolute Gasteiger partial charge is 0.384 e. The number of piperazine rings is 1. The van der Waals surface area contributed by atoms with Crippen LogP contribution < -0.4 is 10.6 Å². The number of H-pyrrole nitrogens is 1. The number of hydrogen-bond acceptors (Lipinski definition) is 6. The van der Waals surface area contributed by atoms with E-state index < -0.39 is 10.0 Å². The highest BCUT2D eigenvalue weighted by Gasteiger charge is 2.29. The lowest BCUT2D eigenvalue weighted by Crippen LogP contribution is -2.48. The Morgan fingerprint density at radius 3 is 2.48 bits per heavy atom. The number of aromatic amines is 1. The van der Waals surface area contributed by atoms with E-state index in [1.807, 2.05) is 6.07 Å². The zero-order chi connectivity index (χ0) is 14.9. The van der Waals surface area contributed by atoms with Crippen LogP contribution in [0.2, 0.25) is 0 Å². The maximum Gasteiger partial charge on any atom is 0.246 e. The summed E-state index contributed by atoms with van der Waals surface area (Å²) >= 11 is 0. The zero-order valence-corrected chi connectivity index (χ0v) is 12.1. The van der Waals surface area contributed by atoms with Gasteiger partial charge in [-0.2, -0.15) is 9.40 Å². The van der Waals surface area contributed by atoms with Gasteiger partial charge in [-0.1, -0.05) is 0 Å². The van der Waals surface area contributed by atoms with Crippen LogP contribution in [0.15, 0.2) is 35.6 Å². The van der Waals surface area contributed by atoms with Crippen molar-refractivity contribution in [2.75, 3.05) is 36.8 Å². The average molecular weight is 308 g/mol. The number of nitrogens with two attached hydrogens (primary N) is 1. The maximum absolute atomic E-state index is 12.4. The fraction of sp³-hybridized carbons (Fsp3) is 0.333. The third-order valence-electron chi connectivity index (χ3n) is 3.49. The minimum atomic E-state index is -3.45. The van der Waals surface area contributed by atoms with Crippen LogP contribution >= 0.6 is 0 Å². The zero-order valence-electron chi connectivity index (χ0n) is 11.3. The van der Waals surface area contributed by atoms with E-state index in [2.05, 4.69) is 20.1 Å². The predicted molar refractivity (Wildman–Crippen MR) is 78.2 cm³/mol. The Morgan fingerprint density at radius 1 is 1.14 bits per heavy atom. The molecule has 0 aromatic carbocycles. The second-order valence-electron chi connectivity index (χ2n) is 4.77. The van der Waals surface area contributed by atoms with Gasteiger partial charge in [-0.15, -0.1) is 0 Å². The van der Waals surface area contributed by atoms with Gasteiger partial charge in [-0.3, -0.25) is 5.10 Å². The fourth-order valence-electron chi connectivity index (χ4n) is 2.30. The van der Waals surface area contributed by atoms with Crippen LogP contribution in [0, 0.1) is 0 Å². The molecule has 0 radical (unpaired) electrons. The quantitative estimate of drug-likeness (QED) is 0.819. The van der Waals surface area contributed by atoms with Crippen molar-refractivity contribution >= 4 is 21.5 Å². The van der Waals surface area contributed by atoms with Gasteiger partial charge in [0.2, 0.25) is 10.0 Å². The third kappa shape index (κ3) is 2.69. The molecule has 1 saturated heterocycles. The molecule has 3 rings (SSSR count). The Labute approximate surface area is 122 Å². The number of sulfonamides is 1. The van der Waals surface area contributed by atoms with E-state index >= 15 is 0 Å². The first-order chi connectivity index (χ1) is 10.1. The summed E-state index contributed by atoms with van der Waals surface area (Å²) in [6, 6.07) is 3.63. The van der Waals surface area contributed by atoms with Gasteiger partial charge in [0.25, 0.3) is 0 Å². The minimum Gasteiger partial charge on any atom is -0.384 e. The maximum atomic E-state index is 12.4. The Balaban J connectivity index is 1.69. The van der Waals surface area contributed by atoms with E-state index in [9.17, 15) is 8.42 Å². The van der Waals surface area contributed by atoms with Gasteiger partial charge in [0.15, 0.2) is 0 Å². The summed E-state index contributed by atoms with van der Waals surface area (Å²) in [4.78, 5) is 6.34. The Kier molecular flexibility index (Phi) is 3.52. The van der Waals surface area contributed by atoms with Crippen molar-refractivity contribution in [3.05, 3.63) is 30.7 Å². The summed E-state index contributed by atoms with van der Waals surface area (Å²) < 4.78 is 26.2. The van der Waals surface area contributed by atoms with Crippen LogP contribution in [0.25, 0.3) is 0 Å². The third-order valence-corrected chi connectivity index (χ3v) is 5.35. The Morgan fingerprint density at radius 2 is 1.90 bits per heavy atom. The lowest BCUT2D eigenvalue weighted by Gasteiger charge is -2.34. The Bertz CT molecular complexity index is 690. The van der Waals surface area contributed by atoms with Crippen molar-refractivity contribution in [1.29, 1.82) is 0 Å². The molecule has 0 spiro atoms. The van der Waals surface area contributed by atoms with Gasteiger partial charge in [0, 0.05) is 32.4 Å². The first-order valence-corrected chi connectivity index (χ1v) is 7.97. The van der Waals surface area contributed by atoms with Crippen molar-refractivity contribution in [1.82, 2.24) is 19.5 Å². The molecule has 1 aliphatic heterocycles. The number of pyridine rings is 1. The average Bonchev–Trinajstić information content (AvgIpc) is 3.03. The van der Waals surface area contributed by atoms with Gasteiger partial charge in [0.05, 0.1) is 18.1 Å². The van der Waals surface area contributed by atoms with Crippen LogP contribution in [0.5, 0.6) is 0 Å².